The second-order valence-corrected chi connectivity index (χ2v) is 6.92. The minimum Gasteiger partial charge on any atom is -0.452 e. The van der Waals surface area contributed by atoms with Crippen LogP contribution in [0.1, 0.15) is 49.9 Å². The van der Waals surface area contributed by atoms with Gasteiger partial charge in [0.2, 0.25) is 0 Å². The van der Waals surface area contributed by atoms with Gasteiger partial charge >= 0.3 is 12.0 Å². The van der Waals surface area contributed by atoms with Gasteiger partial charge in [-0.1, -0.05) is 6.92 Å². The maximum Gasteiger partial charge on any atom is 0.338 e. The number of nitrogens with zero attached hydrogens (tertiary/aromatic N) is 2. The number of carbonyl (C=O) groups excluding carboxylic acids is 3. The van der Waals surface area contributed by atoms with Crippen LogP contribution in [0.4, 0.5) is 16.2 Å². The second kappa shape index (κ2) is 10.4. The summed E-state index contributed by atoms with van der Waals surface area (Å²) in [6.07, 6.45) is 3.70. The third kappa shape index (κ3) is 6.44. The lowest BCUT2D eigenvalue weighted by Gasteiger charge is -2.28. The lowest BCUT2D eigenvalue weighted by molar-refractivity contribution is -0.384. The molecule has 1 aliphatic rings. The summed E-state index contributed by atoms with van der Waals surface area (Å²) in [7, 11) is 0. The summed E-state index contributed by atoms with van der Waals surface area (Å²) in [5, 5.41) is 16.1. The Balaban J connectivity index is 1.98. The van der Waals surface area contributed by atoms with Crippen LogP contribution in [0.3, 0.4) is 0 Å². The van der Waals surface area contributed by atoms with E-state index in [1.165, 1.54) is 12.1 Å². The van der Waals surface area contributed by atoms with E-state index in [1.807, 2.05) is 11.8 Å². The molecule has 3 amide bonds. The Morgan fingerprint density at radius 2 is 1.93 bits per heavy atom. The maximum absolute atomic E-state index is 12.2. The highest BCUT2D eigenvalue weighted by Gasteiger charge is 2.24. The van der Waals surface area contributed by atoms with Gasteiger partial charge in [0.25, 0.3) is 11.6 Å². The number of nitro benzene ring substituents is 1. The number of benzene rings is 1. The Hall–Kier alpha value is -3.17. The molecular weight excluding hydrogens is 380 g/mol. The summed E-state index contributed by atoms with van der Waals surface area (Å²) in [5.41, 5.74) is 0.249. The SMILES string of the molecule is CC[C@H](C)NC(=O)NC(=O)COC(=O)c1ccc(N2CCCCC2)c([N+](=O)[O-])c1. The average molecular weight is 406 g/mol. The molecule has 1 fully saturated rings. The number of rotatable bonds is 7. The third-order valence-electron chi connectivity index (χ3n) is 4.68. The van der Waals surface area contributed by atoms with Gasteiger partial charge in [0, 0.05) is 25.2 Å². The molecule has 2 N–H and O–H groups in total. The predicted octanol–water partition coefficient (Wildman–Crippen LogP) is 2.37. The van der Waals surface area contributed by atoms with Crippen LogP contribution in [-0.4, -0.2) is 48.6 Å². The summed E-state index contributed by atoms with van der Waals surface area (Å²) in [4.78, 5) is 48.3. The van der Waals surface area contributed by atoms with Crippen molar-refractivity contribution < 1.29 is 24.0 Å². The van der Waals surface area contributed by atoms with E-state index in [0.29, 0.717) is 12.1 Å². The molecule has 0 aromatic heterocycles. The molecule has 0 radical (unpaired) electrons. The number of ether oxygens (including phenoxy) is 1. The van der Waals surface area contributed by atoms with Crippen LogP contribution in [0.5, 0.6) is 0 Å². The molecule has 158 valence electrons. The number of hydrogen-bond donors (Lipinski definition) is 2. The first-order valence-electron chi connectivity index (χ1n) is 9.62. The number of nitrogens with one attached hydrogen (secondary N) is 2. The van der Waals surface area contributed by atoms with E-state index in [2.05, 4.69) is 10.6 Å². The average Bonchev–Trinajstić information content (AvgIpc) is 2.71. The molecule has 1 aromatic carbocycles. The summed E-state index contributed by atoms with van der Waals surface area (Å²) in [6, 6.07) is 3.33. The van der Waals surface area contributed by atoms with Crippen LogP contribution in [0, 0.1) is 10.1 Å². The lowest BCUT2D eigenvalue weighted by atomic mass is 10.1. The van der Waals surface area contributed by atoms with Crippen molar-refractivity contribution in [1.29, 1.82) is 0 Å². The first-order valence-corrected chi connectivity index (χ1v) is 9.62. The third-order valence-corrected chi connectivity index (χ3v) is 4.68. The number of carbonyl (C=O) groups is 3. The number of esters is 1. The summed E-state index contributed by atoms with van der Waals surface area (Å²) in [5.74, 6) is -1.67. The van der Waals surface area contributed by atoms with Crippen molar-refractivity contribution >= 4 is 29.3 Å². The van der Waals surface area contributed by atoms with Crippen LogP contribution < -0.4 is 15.5 Å². The fourth-order valence-corrected chi connectivity index (χ4v) is 2.94. The highest BCUT2D eigenvalue weighted by molar-refractivity contribution is 5.97. The number of urea groups is 1. The Bertz CT molecular complexity index is 776. The molecule has 1 heterocycles. The van der Waals surface area contributed by atoms with Gasteiger partial charge in [-0.05, 0) is 44.7 Å². The summed E-state index contributed by atoms with van der Waals surface area (Å²) < 4.78 is 4.87. The van der Waals surface area contributed by atoms with E-state index in [-0.39, 0.29) is 17.3 Å². The lowest BCUT2D eigenvalue weighted by Crippen LogP contribution is -2.44. The molecule has 10 nitrogen and oxygen atoms in total. The molecule has 0 aliphatic carbocycles. The van der Waals surface area contributed by atoms with Gasteiger partial charge in [0.15, 0.2) is 6.61 Å². The van der Waals surface area contributed by atoms with Gasteiger partial charge in [-0.2, -0.15) is 0 Å². The molecule has 1 aliphatic heterocycles. The van der Waals surface area contributed by atoms with E-state index in [0.717, 1.165) is 38.4 Å². The molecule has 29 heavy (non-hydrogen) atoms. The second-order valence-electron chi connectivity index (χ2n) is 6.92. The minimum atomic E-state index is -0.879. The molecule has 1 saturated heterocycles. The fourth-order valence-electron chi connectivity index (χ4n) is 2.94. The molecule has 0 bridgehead atoms. The largest absolute Gasteiger partial charge is 0.452 e. The quantitative estimate of drug-likeness (QED) is 0.404. The number of hydrogen-bond acceptors (Lipinski definition) is 7. The van der Waals surface area contributed by atoms with Gasteiger partial charge in [0.1, 0.15) is 5.69 Å². The topological polar surface area (TPSA) is 131 Å². The Labute approximate surface area is 168 Å². The van der Waals surface area contributed by atoms with E-state index >= 15 is 0 Å². The van der Waals surface area contributed by atoms with E-state index < -0.39 is 29.4 Å². The Morgan fingerprint density at radius 1 is 1.24 bits per heavy atom. The van der Waals surface area contributed by atoms with Crippen LogP contribution in [0.15, 0.2) is 18.2 Å². The zero-order chi connectivity index (χ0) is 21.4. The van der Waals surface area contributed by atoms with Crippen LogP contribution in [0.2, 0.25) is 0 Å². The van der Waals surface area contributed by atoms with Crippen molar-refractivity contribution in [3.8, 4) is 0 Å². The van der Waals surface area contributed by atoms with Gasteiger partial charge in [0.05, 0.1) is 10.5 Å². The number of nitro groups is 1. The first kappa shape index (κ1) is 22.1. The molecule has 1 atom stereocenters. The monoisotopic (exact) mass is 406 g/mol. The summed E-state index contributed by atoms with van der Waals surface area (Å²) in [6.45, 7) is 4.44. The van der Waals surface area contributed by atoms with Crippen molar-refractivity contribution in [2.24, 2.45) is 0 Å². The van der Waals surface area contributed by atoms with Gasteiger partial charge in [-0.25, -0.2) is 9.59 Å². The molecule has 2 rings (SSSR count). The molecule has 1 aromatic rings. The van der Waals surface area contributed by atoms with Crippen LogP contribution in [0.25, 0.3) is 0 Å². The number of amides is 3. The Kier molecular flexibility index (Phi) is 7.93. The smallest absolute Gasteiger partial charge is 0.338 e. The standard InChI is InChI=1S/C19H26N4O6/c1-3-13(2)20-19(26)21-17(24)12-29-18(25)14-7-8-15(16(11-14)23(27)28)22-9-5-4-6-10-22/h7-8,11,13H,3-6,9-10,12H2,1-2H3,(H2,20,21,24,26)/t13-/m0/s1. The minimum absolute atomic E-state index is 0.0330. The van der Waals surface area contributed by atoms with E-state index in [9.17, 15) is 24.5 Å². The zero-order valence-corrected chi connectivity index (χ0v) is 16.6. The van der Waals surface area contributed by atoms with Crippen molar-refractivity contribution in [2.75, 3.05) is 24.6 Å². The van der Waals surface area contributed by atoms with Crippen molar-refractivity contribution in [1.82, 2.24) is 10.6 Å². The van der Waals surface area contributed by atoms with Crippen molar-refractivity contribution in [3.05, 3.63) is 33.9 Å². The fraction of sp³-hybridized carbons (Fsp3) is 0.526. The number of anilines is 1. The Morgan fingerprint density at radius 3 is 2.55 bits per heavy atom. The maximum atomic E-state index is 12.2. The first-order chi connectivity index (χ1) is 13.8. The van der Waals surface area contributed by atoms with Gasteiger partial charge in [-0.15, -0.1) is 0 Å². The van der Waals surface area contributed by atoms with Crippen LogP contribution in [-0.2, 0) is 9.53 Å². The molecule has 0 unspecified atom stereocenters. The zero-order valence-electron chi connectivity index (χ0n) is 16.6. The highest BCUT2D eigenvalue weighted by atomic mass is 16.6. The number of imide groups is 1. The number of piperidine rings is 1. The normalized spacial score (nSPS) is 14.6. The van der Waals surface area contributed by atoms with Crippen molar-refractivity contribution in [2.45, 2.75) is 45.6 Å². The summed E-state index contributed by atoms with van der Waals surface area (Å²) >= 11 is 0. The van der Waals surface area contributed by atoms with Gasteiger partial charge < -0.3 is 15.0 Å². The van der Waals surface area contributed by atoms with E-state index in [1.54, 1.807) is 6.92 Å². The molecular formula is C19H26N4O6. The highest BCUT2D eigenvalue weighted by Crippen LogP contribution is 2.31. The van der Waals surface area contributed by atoms with Crippen LogP contribution >= 0.6 is 0 Å². The van der Waals surface area contributed by atoms with Crippen molar-refractivity contribution in [3.63, 3.8) is 0 Å². The van der Waals surface area contributed by atoms with Gasteiger partial charge in [-0.3, -0.25) is 20.2 Å². The predicted molar refractivity (Wildman–Crippen MR) is 106 cm³/mol. The molecule has 10 heteroatoms. The molecule has 0 saturated carbocycles. The van der Waals surface area contributed by atoms with E-state index in [4.69, 9.17) is 4.74 Å². The molecule has 0 spiro atoms.